The van der Waals surface area contributed by atoms with Crippen LogP contribution < -0.4 is 4.90 Å². The maximum Gasteiger partial charge on any atom is 0.312 e. The molecule has 40 heavy (non-hydrogen) atoms. The number of anilines is 1. The van der Waals surface area contributed by atoms with Crippen LogP contribution in [0, 0.1) is 17.8 Å². The standard InChI is InChI=1S/C32H38N2O6/c1-6-8-16-39-30(38)26-25-28(36)34(21(4)19-35)27(32(25)18-20(3)31(26,5)40-32)29(37)33(15-7-2)24-14-13-22-11-9-10-12-23(22)17-24/h6-7,9-14,17,20-21,25-27,35H,1-2,8,15-16,18-19H2,3-5H3/t20?,21-,25+,26+,27?,31-,32?/m1/s1. The second-order valence-corrected chi connectivity index (χ2v) is 11.5. The number of fused-ring (bicyclic) bond motifs is 2. The van der Waals surface area contributed by atoms with E-state index in [0.29, 0.717) is 18.5 Å². The molecule has 3 aliphatic rings. The van der Waals surface area contributed by atoms with Crippen LogP contribution in [-0.2, 0) is 23.9 Å². The number of carbonyl (C=O) groups excluding carboxylic acids is 3. The van der Waals surface area contributed by atoms with Crippen LogP contribution in [0.25, 0.3) is 10.8 Å². The summed E-state index contributed by atoms with van der Waals surface area (Å²) in [7, 11) is 0. The molecule has 8 heteroatoms. The fourth-order valence-corrected chi connectivity index (χ4v) is 7.15. The van der Waals surface area contributed by atoms with Gasteiger partial charge in [0.1, 0.15) is 17.6 Å². The first-order valence-corrected chi connectivity index (χ1v) is 14.0. The summed E-state index contributed by atoms with van der Waals surface area (Å²) < 4.78 is 12.3. The molecule has 2 aromatic carbocycles. The van der Waals surface area contributed by atoms with Crippen molar-refractivity contribution in [1.82, 2.24) is 4.90 Å². The Balaban J connectivity index is 1.60. The molecule has 8 nitrogen and oxygen atoms in total. The van der Waals surface area contributed by atoms with E-state index in [2.05, 4.69) is 13.2 Å². The van der Waals surface area contributed by atoms with Gasteiger partial charge in [-0.15, -0.1) is 13.2 Å². The first kappa shape index (κ1) is 28.1. The molecule has 2 amide bonds. The van der Waals surface area contributed by atoms with E-state index < -0.39 is 41.1 Å². The van der Waals surface area contributed by atoms with Crippen molar-refractivity contribution in [2.45, 2.75) is 56.9 Å². The fourth-order valence-electron chi connectivity index (χ4n) is 7.15. The summed E-state index contributed by atoms with van der Waals surface area (Å²) in [5.41, 5.74) is -1.53. The quantitative estimate of drug-likeness (QED) is 0.276. The number of nitrogens with zero attached hydrogens (tertiary/aromatic N) is 2. The molecule has 3 unspecified atom stereocenters. The van der Waals surface area contributed by atoms with Crippen LogP contribution in [0.2, 0.25) is 0 Å². The summed E-state index contributed by atoms with van der Waals surface area (Å²) in [5.74, 6) is -3.06. The van der Waals surface area contributed by atoms with Gasteiger partial charge in [-0.2, -0.15) is 0 Å². The van der Waals surface area contributed by atoms with E-state index in [-0.39, 0.29) is 37.5 Å². The van der Waals surface area contributed by atoms with E-state index in [4.69, 9.17) is 9.47 Å². The number of ether oxygens (including phenoxy) is 2. The summed E-state index contributed by atoms with van der Waals surface area (Å²) in [6.45, 7) is 13.1. The van der Waals surface area contributed by atoms with Gasteiger partial charge >= 0.3 is 5.97 Å². The summed E-state index contributed by atoms with van der Waals surface area (Å²) in [6.07, 6.45) is 4.24. The average Bonchev–Trinajstić information content (AvgIpc) is 3.47. The molecule has 3 fully saturated rings. The van der Waals surface area contributed by atoms with E-state index in [1.54, 1.807) is 24.0 Å². The molecule has 3 saturated heterocycles. The summed E-state index contributed by atoms with van der Waals surface area (Å²) in [6, 6.07) is 12.0. The smallest absolute Gasteiger partial charge is 0.312 e. The molecule has 7 atom stereocenters. The Labute approximate surface area is 235 Å². The van der Waals surface area contributed by atoms with Crippen molar-refractivity contribution in [3.63, 3.8) is 0 Å². The molecule has 2 aromatic rings. The number of aliphatic hydroxyl groups is 1. The van der Waals surface area contributed by atoms with Gasteiger partial charge < -0.3 is 24.4 Å². The highest BCUT2D eigenvalue weighted by Gasteiger charge is 2.80. The average molecular weight is 547 g/mol. The van der Waals surface area contributed by atoms with Crippen molar-refractivity contribution >= 4 is 34.2 Å². The van der Waals surface area contributed by atoms with Gasteiger partial charge in [0.15, 0.2) is 0 Å². The Morgan fingerprint density at radius 1 is 1.23 bits per heavy atom. The minimum atomic E-state index is -1.23. The number of hydrogen-bond acceptors (Lipinski definition) is 6. The number of likely N-dealkylation sites (tertiary alicyclic amines) is 1. The van der Waals surface area contributed by atoms with Gasteiger partial charge in [0.2, 0.25) is 5.91 Å². The number of rotatable bonds is 10. The molecule has 5 rings (SSSR count). The van der Waals surface area contributed by atoms with Crippen molar-refractivity contribution in [3.8, 4) is 0 Å². The predicted octanol–water partition coefficient (Wildman–Crippen LogP) is 3.87. The molecule has 2 bridgehead atoms. The third-order valence-corrected chi connectivity index (χ3v) is 9.17. The molecule has 0 radical (unpaired) electrons. The van der Waals surface area contributed by atoms with Crippen molar-refractivity contribution < 1.29 is 29.0 Å². The van der Waals surface area contributed by atoms with Gasteiger partial charge in [-0.3, -0.25) is 14.4 Å². The zero-order valence-electron chi connectivity index (χ0n) is 23.4. The third kappa shape index (κ3) is 4.08. The van der Waals surface area contributed by atoms with Crippen LogP contribution in [0.3, 0.4) is 0 Å². The van der Waals surface area contributed by atoms with E-state index >= 15 is 0 Å². The van der Waals surface area contributed by atoms with E-state index in [1.807, 2.05) is 56.3 Å². The number of esters is 1. The summed E-state index contributed by atoms with van der Waals surface area (Å²) in [5, 5.41) is 12.2. The molecule has 0 saturated carbocycles. The second-order valence-electron chi connectivity index (χ2n) is 11.5. The molecule has 3 heterocycles. The van der Waals surface area contributed by atoms with E-state index in [9.17, 15) is 19.5 Å². The maximum absolute atomic E-state index is 14.7. The highest BCUT2D eigenvalue weighted by molar-refractivity contribution is 6.05. The van der Waals surface area contributed by atoms with Crippen molar-refractivity contribution in [2.24, 2.45) is 17.8 Å². The highest BCUT2D eigenvalue weighted by atomic mass is 16.6. The fraction of sp³-hybridized carbons (Fsp3) is 0.469. The van der Waals surface area contributed by atoms with Crippen LogP contribution in [0.4, 0.5) is 5.69 Å². The zero-order chi connectivity index (χ0) is 28.8. The maximum atomic E-state index is 14.7. The van der Waals surface area contributed by atoms with Crippen LogP contribution in [0.15, 0.2) is 67.8 Å². The van der Waals surface area contributed by atoms with Gasteiger partial charge in [0.05, 0.1) is 30.8 Å². The summed E-state index contributed by atoms with van der Waals surface area (Å²) in [4.78, 5) is 45.4. The Hall–Kier alpha value is -3.49. The van der Waals surface area contributed by atoms with Crippen molar-refractivity contribution in [2.75, 3.05) is 24.7 Å². The first-order valence-electron chi connectivity index (χ1n) is 14.0. The molecule has 0 aromatic heterocycles. The minimum Gasteiger partial charge on any atom is -0.465 e. The Bertz CT molecular complexity index is 1360. The van der Waals surface area contributed by atoms with Gasteiger partial charge in [0.25, 0.3) is 5.91 Å². The topological polar surface area (TPSA) is 96.4 Å². The molecule has 1 N–H and O–H groups in total. The number of hydrogen-bond donors (Lipinski definition) is 1. The molecular weight excluding hydrogens is 508 g/mol. The normalized spacial score (nSPS) is 31.2. The Morgan fingerprint density at radius 3 is 2.62 bits per heavy atom. The molecule has 3 aliphatic heterocycles. The number of benzene rings is 2. The monoisotopic (exact) mass is 546 g/mol. The van der Waals surface area contributed by atoms with Crippen LogP contribution in [-0.4, -0.2) is 70.8 Å². The lowest BCUT2D eigenvalue weighted by atomic mass is 9.62. The zero-order valence-corrected chi connectivity index (χ0v) is 23.4. The second kappa shape index (κ2) is 10.5. The number of amides is 2. The lowest BCUT2D eigenvalue weighted by Gasteiger charge is -2.38. The van der Waals surface area contributed by atoms with E-state index in [0.717, 1.165) is 10.8 Å². The van der Waals surface area contributed by atoms with Gasteiger partial charge in [0, 0.05) is 12.2 Å². The van der Waals surface area contributed by atoms with Crippen LogP contribution >= 0.6 is 0 Å². The molecule has 212 valence electrons. The summed E-state index contributed by atoms with van der Waals surface area (Å²) >= 11 is 0. The first-order chi connectivity index (χ1) is 19.1. The van der Waals surface area contributed by atoms with Crippen molar-refractivity contribution in [3.05, 3.63) is 67.8 Å². The number of carbonyl (C=O) groups is 3. The van der Waals surface area contributed by atoms with Crippen LogP contribution in [0.5, 0.6) is 0 Å². The highest BCUT2D eigenvalue weighted by Crippen LogP contribution is 2.65. The lowest BCUT2D eigenvalue weighted by molar-refractivity contribution is -0.162. The van der Waals surface area contributed by atoms with Gasteiger partial charge in [-0.25, -0.2) is 0 Å². The molecule has 0 aliphatic carbocycles. The van der Waals surface area contributed by atoms with Gasteiger partial charge in [-0.1, -0.05) is 49.4 Å². The van der Waals surface area contributed by atoms with Crippen molar-refractivity contribution in [1.29, 1.82) is 0 Å². The van der Waals surface area contributed by atoms with Crippen LogP contribution in [0.1, 0.15) is 33.6 Å². The molecular formula is C32H38N2O6. The Kier molecular flexibility index (Phi) is 7.35. The SMILES string of the molecule is C=CCCOC(=O)[C@@H]1[C@H]2C(=O)N([C@H](C)CO)C(C(=O)N(CC=C)c3ccc4ccccc4c3)C23CC(C)[C@@]1(C)O3. The predicted molar refractivity (Wildman–Crippen MR) is 152 cm³/mol. The van der Waals surface area contributed by atoms with E-state index in [1.165, 1.54) is 4.90 Å². The largest absolute Gasteiger partial charge is 0.465 e. The molecule has 1 spiro atoms. The van der Waals surface area contributed by atoms with Gasteiger partial charge in [-0.05, 0) is 55.5 Å². The third-order valence-electron chi connectivity index (χ3n) is 9.17. The lowest BCUT2D eigenvalue weighted by Crippen LogP contribution is -2.58. The minimum absolute atomic E-state index is 0.110. The number of aliphatic hydroxyl groups excluding tert-OH is 1. The Morgan fingerprint density at radius 2 is 1.95 bits per heavy atom.